The molecule has 0 bridgehead atoms. The van der Waals surface area contributed by atoms with E-state index in [1.807, 2.05) is 6.92 Å². The molecule has 0 atom stereocenters. The zero-order chi connectivity index (χ0) is 19.0. The van der Waals surface area contributed by atoms with Crippen LogP contribution in [0.5, 0.6) is 0 Å². The van der Waals surface area contributed by atoms with Crippen LogP contribution in [0.2, 0.25) is 0 Å². The van der Waals surface area contributed by atoms with E-state index >= 15 is 0 Å². The van der Waals surface area contributed by atoms with E-state index in [0.717, 1.165) is 0 Å². The van der Waals surface area contributed by atoms with Crippen LogP contribution in [-0.2, 0) is 4.74 Å². The predicted molar refractivity (Wildman–Crippen MR) is 88.1 cm³/mol. The summed E-state index contributed by atoms with van der Waals surface area (Å²) >= 11 is 0. The highest BCUT2D eigenvalue weighted by atomic mass is 19.4. The summed E-state index contributed by atoms with van der Waals surface area (Å²) in [6, 6.07) is 0. The normalized spacial score (nSPS) is 13.5. The summed E-state index contributed by atoms with van der Waals surface area (Å²) in [5.74, 6) is 0.265. The fourth-order valence-corrected chi connectivity index (χ4v) is 1.56. The lowest BCUT2D eigenvalue weighted by atomic mass is 10.1. The Bertz CT molecular complexity index is 429. The molecule has 0 aromatic rings. The molecule has 3 N–H and O–H groups in total. The van der Waals surface area contributed by atoms with E-state index in [4.69, 9.17) is 4.74 Å². The minimum absolute atomic E-state index is 0.174. The Kier molecular flexibility index (Phi) is 8.36. The van der Waals surface area contributed by atoms with Gasteiger partial charge in [-0.1, -0.05) is 0 Å². The molecule has 0 spiro atoms. The van der Waals surface area contributed by atoms with Gasteiger partial charge in [-0.3, -0.25) is 4.99 Å². The summed E-state index contributed by atoms with van der Waals surface area (Å²) in [6.45, 7) is 11.0. The van der Waals surface area contributed by atoms with Crippen LogP contribution in [0.3, 0.4) is 0 Å². The van der Waals surface area contributed by atoms with Crippen molar-refractivity contribution in [2.75, 3.05) is 19.6 Å². The number of ether oxygens (including phenoxy) is 1. The quantitative estimate of drug-likeness (QED) is 0.506. The average Bonchev–Trinajstić information content (AvgIpc) is 2.31. The van der Waals surface area contributed by atoms with Crippen molar-refractivity contribution in [1.82, 2.24) is 16.0 Å². The molecule has 6 nitrogen and oxygen atoms in total. The summed E-state index contributed by atoms with van der Waals surface area (Å²) in [6.07, 6.45) is -5.74. The van der Waals surface area contributed by atoms with Gasteiger partial charge in [0.15, 0.2) is 5.96 Å². The van der Waals surface area contributed by atoms with Gasteiger partial charge in [0.1, 0.15) is 5.60 Å². The number of hydrogen-bond donors (Lipinski definition) is 3. The molecule has 0 radical (unpaired) electrons. The first-order valence-electron chi connectivity index (χ1n) is 7.84. The maximum Gasteiger partial charge on any atom is 0.408 e. The second kappa shape index (κ2) is 8.98. The molecular formula is C15H29F3N4O2. The van der Waals surface area contributed by atoms with Crippen molar-refractivity contribution in [3.8, 4) is 0 Å². The van der Waals surface area contributed by atoms with Crippen LogP contribution in [0, 0.1) is 0 Å². The third-order valence-electron chi connectivity index (χ3n) is 2.52. The van der Waals surface area contributed by atoms with Gasteiger partial charge < -0.3 is 20.7 Å². The first kappa shape index (κ1) is 22.3. The topological polar surface area (TPSA) is 74.8 Å². The highest BCUT2D eigenvalue weighted by molar-refractivity contribution is 5.79. The van der Waals surface area contributed by atoms with Gasteiger partial charge in [0.05, 0.1) is 18.5 Å². The van der Waals surface area contributed by atoms with Crippen molar-refractivity contribution in [2.45, 2.75) is 65.3 Å². The van der Waals surface area contributed by atoms with Crippen molar-refractivity contribution in [2.24, 2.45) is 4.99 Å². The number of nitrogens with zero attached hydrogens (tertiary/aromatic N) is 1. The van der Waals surface area contributed by atoms with Crippen molar-refractivity contribution in [1.29, 1.82) is 0 Å². The van der Waals surface area contributed by atoms with E-state index in [0.29, 0.717) is 6.54 Å². The molecule has 0 aliphatic heterocycles. The fraction of sp³-hybridized carbons (Fsp3) is 0.867. The number of aliphatic imine (C=N–C) groups is 1. The molecule has 9 heteroatoms. The van der Waals surface area contributed by atoms with Crippen LogP contribution >= 0.6 is 0 Å². The third-order valence-corrected chi connectivity index (χ3v) is 2.52. The zero-order valence-corrected chi connectivity index (χ0v) is 15.2. The molecule has 0 fully saturated rings. The molecule has 0 aliphatic carbocycles. The zero-order valence-electron chi connectivity index (χ0n) is 15.2. The van der Waals surface area contributed by atoms with Crippen molar-refractivity contribution >= 4 is 12.1 Å². The van der Waals surface area contributed by atoms with E-state index in [-0.39, 0.29) is 19.0 Å². The summed E-state index contributed by atoms with van der Waals surface area (Å²) < 4.78 is 41.7. The molecule has 0 saturated carbocycles. The van der Waals surface area contributed by atoms with Crippen molar-refractivity contribution in [3.05, 3.63) is 0 Å². The van der Waals surface area contributed by atoms with Gasteiger partial charge in [-0.15, -0.1) is 0 Å². The van der Waals surface area contributed by atoms with Gasteiger partial charge in [0.25, 0.3) is 0 Å². The van der Waals surface area contributed by atoms with Crippen LogP contribution in [-0.4, -0.2) is 49.0 Å². The number of carbonyl (C=O) groups excluding carboxylic acids is 1. The lowest BCUT2D eigenvalue weighted by Gasteiger charge is -2.27. The van der Waals surface area contributed by atoms with Crippen molar-refractivity contribution < 1.29 is 22.7 Å². The number of carbonyl (C=O) groups is 1. The Labute approximate surface area is 141 Å². The Morgan fingerprint density at radius 2 is 1.67 bits per heavy atom. The van der Waals surface area contributed by atoms with Crippen LogP contribution in [0.25, 0.3) is 0 Å². The number of hydrogen-bond acceptors (Lipinski definition) is 3. The van der Waals surface area contributed by atoms with Crippen LogP contribution in [0.1, 0.15) is 48.0 Å². The maximum atomic E-state index is 12.2. The first-order valence-corrected chi connectivity index (χ1v) is 7.84. The summed E-state index contributed by atoms with van der Waals surface area (Å²) in [7, 11) is 0. The lowest BCUT2D eigenvalue weighted by molar-refractivity contribution is -0.132. The minimum atomic E-state index is -4.22. The molecule has 0 heterocycles. The van der Waals surface area contributed by atoms with E-state index in [9.17, 15) is 18.0 Å². The predicted octanol–water partition coefficient (Wildman–Crippen LogP) is 2.80. The number of nitrogens with one attached hydrogen (secondary N) is 3. The Hall–Kier alpha value is -1.67. The standard InChI is InChI=1S/C15H29F3N4O2/c1-7-19-11(20-9-8-15(16,17)18)21-10-14(5,6)22-12(23)24-13(2,3)4/h7-10H2,1-6H3,(H,22,23)(H2,19,20,21). The SMILES string of the molecule is CCNC(=NCC(C)(C)NC(=O)OC(C)(C)C)NCCC(F)(F)F. The summed E-state index contributed by atoms with van der Waals surface area (Å²) in [4.78, 5) is 16.0. The summed E-state index contributed by atoms with van der Waals surface area (Å²) in [5, 5.41) is 8.16. The number of guanidine groups is 1. The minimum Gasteiger partial charge on any atom is -0.444 e. The van der Waals surface area contributed by atoms with Gasteiger partial charge >= 0.3 is 12.3 Å². The molecule has 0 aliphatic rings. The molecule has 0 aromatic carbocycles. The number of halogens is 3. The highest BCUT2D eigenvalue weighted by Gasteiger charge is 2.27. The van der Waals surface area contributed by atoms with Gasteiger partial charge in [-0.2, -0.15) is 13.2 Å². The monoisotopic (exact) mass is 354 g/mol. The average molecular weight is 354 g/mol. The van der Waals surface area contributed by atoms with Gasteiger partial charge in [0, 0.05) is 13.1 Å². The molecule has 0 rings (SSSR count). The molecule has 24 heavy (non-hydrogen) atoms. The number of alkyl halides is 3. The third kappa shape index (κ3) is 12.8. The van der Waals surface area contributed by atoms with Crippen LogP contribution in [0.4, 0.5) is 18.0 Å². The molecule has 1 amide bonds. The van der Waals surface area contributed by atoms with Crippen LogP contribution < -0.4 is 16.0 Å². The smallest absolute Gasteiger partial charge is 0.408 e. The Morgan fingerprint density at radius 3 is 2.12 bits per heavy atom. The van der Waals surface area contributed by atoms with E-state index in [1.165, 1.54) is 0 Å². The van der Waals surface area contributed by atoms with Gasteiger partial charge in [0.2, 0.25) is 0 Å². The van der Waals surface area contributed by atoms with E-state index < -0.39 is 29.8 Å². The number of amides is 1. The molecular weight excluding hydrogens is 325 g/mol. The Morgan fingerprint density at radius 1 is 1.08 bits per heavy atom. The highest BCUT2D eigenvalue weighted by Crippen LogP contribution is 2.18. The van der Waals surface area contributed by atoms with Crippen molar-refractivity contribution in [3.63, 3.8) is 0 Å². The molecule has 0 unspecified atom stereocenters. The second-order valence-corrected chi connectivity index (χ2v) is 7.00. The largest absolute Gasteiger partial charge is 0.444 e. The van der Waals surface area contributed by atoms with E-state index in [2.05, 4.69) is 20.9 Å². The molecule has 0 aromatic heterocycles. The summed E-state index contributed by atoms with van der Waals surface area (Å²) in [5.41, 5.74) is -1.33. The number of alkyl carbamates (subject to hydrolysis) is 1. The molecule has 142 valence electrons. The Balaban J connectivity index is 4.60. The second-order valence-electron chi connectivity index (χ2n) is 7.00. The first-order chi connectivity index (χ1) is 10.7. The fourth-order valence-electron chi connectivity index (χ4n) is 1.56. The van der Waals surface area contributed by atoms with Gasteiger partial charge in [-0.05, 0) is 41.5 Å². The maximum absolute atomic E-state index is 12.2. The van der Waals surface area contributed by atoms with Gasteiger partial charge in [-0.25, -0.2) is 4.79 Å². The molecule has 0 saturated heterocycles. The number of rotatable bonds is 6. The lowest BCUT2D eigenvalue weighted by Crippen LogP contribution is -2.49. The van der Waals surface area contributed by atoms with Crippen LogP contribution in [0.15, 0.2) is 4.99 Å². The van der Waals surface area contributed by atoms with E-state index in [1.54, 1.807) is 34.6 Å².